The lowest BCUT2D eigenvalue weighted by atomic mass is 9.97. The molecule has 3 heterocycles. The maximum absolute atomic E-state index is 5.38. The van der Waals surface area contributed by atoms with Crippen LogP contribution in [0.25, 0.3) is 0 Å². The van der Waals surface area contributed by atoms with E-state index in [1.54, 1.807) is 12.4 Å². The van der Waals surface area contributed by atoms with E-state index in [0.717, 1.165) is 48.8 Å². The number of rotatable bonds is 4. The van der Waals surface area contributed by atoms with Gasteiger partial charge in [-0.3, -0.25) is 9.80 Å². The predicted molar refractivity (Wildman–Crippen MR) is 98.0 cm³/mol. The van der Waals surface area contributed by atoms with Crippen molar-refractivity contribution in [3.8, 4) is 0 Å². The molecule has 1 fully saturated rings. The van der Waals surface area contributed by atoms with Gasteiger partial charge in [0.05, 0.1) is 17.1 Å². The first kappa shape index (κ1) is 18.4. The average Bonchev–Trinajstić information content (AvgIpc) is 3.04. The van der Waals surface area contributed by atoms with Crippen molar-refractivity contribution < 1.29 is 4.52 Å². The summed E-state index contributed by atoms with van der Waals surface area (Å²) in [5.41, 5.74) is -0.107. The van der Waals surface area contributed by atoms with Crippen LogP contribution in [0.1, 0.15) is 51.3 Å². The van der Waals surface area contributed by atoms with Crippen molar-refractivity contribution in [2.75, 3.05) is 26.2 Å². The van der Waals surface area contributed by atoms with Gasteiger partial charge >= 0.3 is 0 Å². The summed E-state index contributed by atoms with van der Waals surface area (Å²) in [5, 5.41) is 4.12. The third kappa shape index (κ3) is 4.62. The zero-order valence-electron chi connectivity index (χ0n) is 15.2. The first-order chi connectivity index (χ1) is 11.8. The summed E-state index contributed by atoms with van der Waals surface area (Å²) < 4.78 is 6.28. The quantitative estimate of drug-likeness (QED) is 0.769. The van der Waals surface area contributed by atoms with Crippen LogP contribution in [0.3, 0.4) is 0 Å². The summed E-state index contributed by atoms with van der Waals surface area (Å²) in [5.74, 6) is 2.33. The highest BCUT2D eigenvalue weighted by Crippen LogP contribution is 2.22. The molecule has 0 amide bonds. The maximum atomic E-state index is 5.38. The molecule has 0 aliphatic carbocycles. The van der Waals surface area contributed by atoms with Crippen LogP contribution in [-0.4, -0.2) is 56.1 Å². The number of hydrogen-bond donors (Lipinski definition) is 0. The molecule has 0 aromatic carbocycles. The van der Waals surface area contributed by atoms with Gasteiger partial charge in [0.15, 0.2) is 5.82 Å². The van der Waals surface area contributed by atoms with Crippen molar-refractivity contribution in [1.82, 2.24) is 29.9 Å². The smallest absolute Gasteiger partial charge is 0.232 e. The zero-order chi connectivity index (χ0) is 18.0. The van der Waals surface area contributed by atoms with Gasteiger partial charge in [-0.25, -0.2) is 9.97 Å². The topological polar surface area (TPSA) is 71.2 Å². The van der Waals surface area contributed by atoms with Crippen LogP contribution in [0.4, 0.5) is 0 Å². The Balaban J connectivity index is 1.53. The molecule has 1 aliphatic heterocycles. The van der Waals surface area contributed by atoms with Crippen molar-refractivity contribution >= 4 is 15.9 Å². The van der Waals surface area contributed by atoms with E-state index in [1.807, 2.05) is 0 Å². The highest BCUT2D eigenvalue weighted by atomic mass is 79.9. The van der Waals surface area contributed by atoms with Crippen molar-refractivity contribution in [3.63, 3.8) is 0 Å². The molecule has 0 radical (unpaired) electrons. The highest BCUT2D eigenvalue weighted by Gasteiger charge is 2.26. The van der Waals surface area contributed by atoms with Gasteiger partial charge in [-0.1, -0.05) is 25.9 Å². The molecule has 3 rings (SSSR count). The molecule has 0 N–H and O–H groups in total. The molecule has 7 nitrogen and oxygen atoms in total. The Morgan fingerprint density at radius 2 is 1.80 bits per heavy atom. The summed E-state index contributed by atoms with van der Waals surface area (Å²) in [6.45, 7) is 13.0. The molecule has 8 heteroatoms. The van der Waals surface area contributed by atoms with Crippen LogP contribution in [0.15, 0.2) is 21.4 Å². The van der Waals surface area contributed by atoms with E-state index in [-0.39, 0.29) is 11.5 Å². The number of nitrogens with zero attached hydrogens (tertiary/aromatic N) is 6. The molecule has 2 aromatic rings. The summed E-state index contributed by atoms with van der Waals surface area (Å²) in [4.78, 5) is 18.1. The normalized spacial score (nSPS) is 18.4. The van der Waals surface area contributed by atoms with Gasteiger partial charge in [0.1, 0.15) is 5.82 Å². The second-order valence-corrected chi connectivity index (χ2v) is 8.43. The van der Waals surface area contributed by atoms with Crippen molar-refractivity contribution in [3.05, 3.63) is 34.4 Å². The van der Waals surface area contributed by atoms with Crippen molar-refractivity contribution in [2.45, 2.75) is 45.7 Å². The SMILES string of the molecule is C[C@H](c1ncc(Br)cn1)N1CCN(Cc2noc(C(C)(C)C)n2)CC1. The minimum absolute atomic E-state index is 0.107. The molecule has 1 aliphatic rings. The predicted octanol–water partition coefficient (Wildman–Crippen LogP) is 2.80. The fourth-order valence-corrected chi connectivity index (χ4v) is 3.04. The first-order valence-electron chi connectivity index (χ1n) is 8.60. The molecule has 0 saturated carbocycles. The van der Waals surface area contributed by atoms with E-state index in [9.17, 15) is 0 Å². The lowest BCUT2D eigenvalue weighted by Gasteiger charge is -2.36. The van der Waals surface area contributed by atoms with Crippen LogP contribution in [0, 0.1) is 0 Å². The maximum Gasteiger partial charge on any atom is 0.232 e. The molecule has 0 spiro atoms. The fourth-order valence-electron chi connectivity index (χ4n) is 2.83. The number of aromatic nitrogens is 4. The fraction of sp³-hybridized carbons (Fsp3) is 0.647. The highest BCUT2D eigenvalue weighted by molar-refractivity contribution is 9.10. The lowest BCUT2D eigenvalue weighted by Crippen LogP contribution is -2.47. The van der Waals surface area contributed by atoms with Gasteiger partial charge in [-0.2, -0.15) is 4.98 Å². The molecule has 25 heavy (non-hydrogen) atoms. The van der Waals surface area contributed by atoms with E-state index in [0.29, 0.717) is 5.89 Å². The summed E-state index contributed by atoms with van der Waals surface area (Å²) in [6, 6.07) is 0.216. The van der Waals surface area contributed by atoms with Crippen molar-refractivity contribution in [2.24, 2.45) is 0 Å². The van der Waals surface area contributed by atoms with Gasteiger partial charge in [0.25, 0.3) is 0 Å². The largest absolute Gasteiger partial charge is 0.339 e. The third-order valence-corrected chi connectivity index (χ3v) is 4.85. The molecule has 1 saturated heterocycles. The second kappa shape index (κ2) is 7.47. The Morgan fingerprint density at radius 1 is 1.16 bits per heavy atom. The van der Waals surface area contributed by atoms with Gasteiger partial charge in [-0.15, -0.1) is 0 Å². The minimum atomic E-state index is -0.107. The Morgan fingerprint density at radius 3 is 2.36 bits per heavy atom. The van der Waals surface area contributed by atoms with E-state index in [2.05, 4.69) is 73.5 Å². The summed E-state index contributed by atoms with van der Waals surface area (Å²) in [7, 11) is 0. The molecule has 136 valence electrons. The van der Waals surface area contributed by atoms with E-state index in [4.69, 9.17) is 4.52 Å². The number of hydrogen-bond acceptors (Lipinski definition) is 7. The Kier molecular flexibility index (Phi) is 5.50. The molecular weight excluding hydrogens is 384 g/mol. The second-order valence-electron chi connectivity index (χ2n) is 7.51. The molecule has 0 bridgehead atoms. The summed E-state index contributed by atoms with van der Waals surface area (Å²) in [6.07, 6.45) is 3.61. The monoisotopic (exact) mass is 408 g/mol. The van der Waals surface area contributed by atoms with Crippen LogP contribution in [-0.2, 0) is 12.0 Å². The van der Waals surface area contributed by atoms with E-state index >= 15 is 0 Å². The van der Waals surface area contributed by atoms with Gasteiger partial charge in [-0.05, 0) is 22.9 Å². The van der Waals surface area contributed by atoms with Gasteiger partial charge in [0.2, 0.25) is 5.89 Å². The van der Waals surface area contributed by atoms with Gasteiger partial charge < -0.3 is 4.52 Å². The summed E-state index contributed by atoms with van der Waals surface area (Å²) >= 11 is 3.38. The van der Waals surface area contributed by atoms with E-state index in [1.165, 1.54) is 0 Å². The standard InChI is InChI=1S/C17H25BrN6O/c1-12(15-19-9-13(18)10-20-15)24-7-5-23(6-8-24)11-14-21-16(25-22-14)17(2,3)4/h9-10,12H,5-8,11H2,1-4H3/t12-/m1/s1. The lowest BCUT2D eigenvalue weighted by molar-refractivity contribution is 0.0926. The third-order valence-electron chi connectivity index (χ3n) is 4.44. The van der Waals surface area contributed by atoms with Crippen LogP contribution in [0.2, 0.25) is 0 Å². The first-order valence-corrected chi connectivity index (χ1v) is 9.39. The Bertz CT molecular complexity index is 688. The van der Waals surface area contributed by atoms with Gasteiger partial charge in [0, 0.05) is 44.0 Å². The van der Waals surface area contributed by atoms with E-state index < -0.39 is 0 Å². The molecule has 0 unspecified atom stereocenters. The van der Waals surface area contributed by atoms with Crippen molar-refractivity contribution in [1.29, 1.82) is 0 Å². The molecular formula is C17H25BrN6O. The molecule has 1 atom stereocenters. The van der Waals surface area contributed by atoms with Crippen LogP contribution < -0.4 is 0 Å². The number of piperazine rings is 1. The Labute approximate surface area is 157 Å². The zero-order valence-corrected chi connectivity index (χ0v) is 16.8. The van der Waals surface area contributed by atoms with Crippen LogP contribution in [0.5, 0.6) is 0 Å². The minimum Gasteiger partial charge on any atom is -0.339 e. The molecule has 2 aromatic heterocycles. The van der Waals surface area contributed by atoms with Crippen LogP contribution >= 0.6 is 15.9 Å². The Hall–Kier alpha value is -1.38. The average molecular weight is 409 g/mol. The number of halogens is 1.